The number of carbonyl (C=O) groups excluding carboxylic acids is 1. The maximum atomic E-state index is 11.0. The molecule has 2 heteroatoms. The topological polar surface area (TPSA) is 26.3 Å². The summed E-state index contributed by atoms with van der Waals surface area (Å²) in [6.07, 6.45) is 0.985. The summed E-state index contributed by atoms with van der Waals surface area (Å²) >= 11 is 0. The maximum Gasteiger partial charge on any atom is 0.163 e. The van der Waals surface area contributed by atoms with Gasteiger partial charge in [0.2, 0.25) is 0 Å². The lowest BCUT2D eigenvalue weighted by molar-refractivity contribution is -0.120. The lowest BCUT2D eigenvalue weighted by Gasteiger charge is -2.07. The van der Waals surface area contributed by atoms with E-state index in [-0.39, 0.29) is 11.7 Å². The van der Waals surface area contributed by atoms with E-state index < -0.39 is 0 Å². The summed E-state index contributed by atoms with van der Waals surface area (Å²) in [5, 5.41) is 0. The first-order valence-corrected chi connectivity index (χ1v) is 3.80. The number of hydrogen-bond donors (Lipinski definition) is 0. The van der Waals surface area contributed by atoms with Gasteiger partial charge in [-0.2, -0.15) is 0 Å². The van der Waals surface area contributed by atoms with Crippen molar-refractivity contribution in [2.45, 2.75) is 20.3 Å². The normalized spacial score (nSPS) is 26.3. The van der Waals surface area contributed by atoms with Crippen LogP contribution in [0.4, 0.5) is 0 Å². The Morgan fingerprint density at radius 1 is 1.70 bits per heavy atom. The Kier molecular flexibility index (Phi) is 2.44. The number of Topliss-reactive ketones (excluding diaryl/α,β-unsaturated/α-hetero) is 1. The number of ketones is 1. The van der Waals surface area contributed by atoms with Crippen LogP contribution in [-0.2, 0) is 9.53 Å². The van der Waals surface area contributed by atoms with Gasteiger partial charge in [0.05, 0.1) is 6.61 Å². The zero-order valence-corrected chi connectivity index (χ0v) is 6.59. The molecule has 1 aliphatic rings. The summed E-state index contributed by atoms with van der Waals surface area (Å²) in [6, 6.07) is 0. The molecule has 0 unspecified atom stereocenters. The minimum absolute atomic E-state index is 0.194. The Hall–Kier alpha value is -0.370. The van der Waals surface area contributed by atoms with Crippen molar-refractivity contribution in [3.63, 3.8) is 0 Å². The molecule has 0 amide bonds. The smallest absolute Gasteiger partial charge is 0.163 e. The molecule has 0 aromatic heterocycles. The van der Waals surface area contributed by atoms with Crippen molar-refractivity contribution in [1.82, 2.24) is 0 Å². The van der Waals surface area contributed by atoms with Crippen LogP contribution in [0.3, 0.4) is 0 Å². The van der Waals surface area contributed by atoms with Gasteiger partial charge in [-0.1, -0.05) is 13.8 Å². The Bertz CT molecular complexity index is 129. The van der Waals surface area contributed by atoms with Crippen LogP contribution < -0.4 is 0 Å². The van der Waals surface area contributed by atoms with E-state index in [1.165, 1.54) is 0 Å². The summed E-state index contributed by atoms with van der Waals surface area (Å²) in [6.45, 7) is 5.26. The average Bonchev–Trinajstić information content (AvgIpc) is 2.15. The third kappa shape index (κ3) is 1.81. The molecule has 1 rings (SSSR count). The molecule has 58 valence electrons. The molecule has 0 aromatic rings. The van der Waals surface area contributed by atoms with Gasteiger partial charge in [-0.25, -0.2) is 0 Å². The third-order valence-corrected chi connectivity index (χ3v) is 1.77. The van der Waals surface area contributed by atoms with E-state index in [4.69, 9.17) is 4.74 Å². The standard InChI is InChI=1S/C8H14O2/c1-6(2)3-7-4-10-5-8(7)9/h6-7H,3-5H2,1-2H3/t7-/m0/s1. The fourth-order valence-corrected chi connectivity index (χ4v) is 1.28. The molecule has 0 saturated carbocycles. The van der Waals surface area contributed by atoms with Crippen LogP contribution in [0.15, 0.2) is 0 Å². The maximum absolute atomic E-state index is 11.0. The second-order valence-corrected chi connectivity index (χ2v) is 3.31. The predicted molar refractivity (Wildman–Crippen MR) is 38.8 cm³/mol. The van der Waals surface area contributed by atoms with E-state index in [0.717, 1.165) is 6.42 Å². The molecule has 0 radical (unpaired) electrons. The van der Waals surface area contributed by atoms with Crippen LogP contribution in [0.5, 0.6) is 0 Å². The van der Waals surface area contributed by atoms with Crippen LogP contribution in [0.25, 0.3) is 0 Å². The zero-order chi connectivity index (χ0) is 7.56. The minimum Gasteiger partial charge on any atom is -0.373 e. The van der Waals surface area contributed by atoms with Crippen LogP contribution in [-0.4, -0.2) is 19.0 Å². The van der Waals surface area contributed by atoms with E-state index in [9.17, 15) is 4.79 Å². The highest BCUT2D eigenvalue weighted by Gasteiger charge is 2.25. The summed E-state index contributed by atoms with van der Waals surface area (Å²) in [7, 11) is 0. The minimum atomic E-state index is 0.194. The fourth-order valence-electron chi connectivity index (χ4n) is 1.28. The zero-order valence-electron chi connectivity index (χ0n) is 6.59. The van der Waals surface area contributed by atoms with E-state index in [1.54, 1.807) is 0 Å². The molecule has 0 aliphatic carbocycles. The molecule has 1 saturated heterocycles. The van der Waals surface area contributed by atoms with E-state index in [2.05, 4.69) is 13.8 Å². The summed E-state index contributed by atoms with van der Waals surface area (Å²) in [4.78, 5) is 11.0. The Morgan fingerprint density at radius 2 is 2.40 bits per heavy atom. The van der Waals surface area contributed by atoms with Gasteiger partial charge in [0.15, 0.2) is 5.78 Å². The number of rotatable bonds is 2. The van der Waals surface area contributed by atoms with E-state index in [0.29, 0.717) is 19.1 Å². The third-order valence-electron chi connectivity index (χ3n) is 1.77. The van der Waals surface area contributed by atoms with Crippen molar-refractivity contribution >= 4 is 5.78 Å². The molecule has 10 heavy (non-hydrogen) atoms. The second-order valence-electron chi connectivity index (χ2n) is 3.31. The first-order valence-electron chi connectivity index (χ1n) is 3.80. The first-order chi connectivity index (χ1) is 4.70. The summed E-state index contributed by atoms with van der Waals surface area (Å²) in [5.74, 6) is 1.09. The van der Waals surface area contributed by atoms with Crippen LogP contribution in [0, 0.1) is 11.8 Å². The highest BCUT2D eigenvalue weighted by atomic mass is 16.5. The van der Waals surface area contributed by atoms with Crippen molar-refractivity contribution in [2.75, 3.05) is 13.2 Å². The fraction of sp³-hybridized carbons (Fsp3) is 0.875. The number of hydrogen-bond acceptors (Lipinski definition) is 2. The Morgan fingerprint density at radius 3 is 2.80 bits per heavy atom. The van der Waals surface area contributed by atoms with Gasteiger partial charge in [0, 0.05) is 5.92 Å². The average molecular weight is 142 g/mol. The number of carbonyl (C=O) groups is 1. The van der Waals surface area contributed by atoms with Crippen LogP contribution in [0.2, 0.25) is 0 Å². The highest BCUT2D eigenvalue weighted by molar-refractivity contribution is 5.83. The molecule has 0 N–H and O–H groups in total. The quantitative estimate of drug-likeness (QED) is 0.580. The molecule has 1 aliphatic heterocycles. The van der Waals surface area contributed by atoms with Crippen molar-refractivity contribution < 1.29 is 9.53 Å². The molecule has 1 heterocycles. The van der Waals surface area contributed by atoms with E-state index >= 15 is 0 Å². The Balaban J connectivity index is 2.33. The molecular weight excluding hydrogens is 128 g/mol. The molecule has 1 atom stereocenters. The van der Waals surface area contributed by atoms with Gasteiger partial charge in [-0.3, -0.25) is 4.79 Å². The summed E-state index contributed by atoms with van der Waals surface area (Å²) in [5.41, 5.74) is 0. The number of ether oxygens (including phenoxy) is 1. The molecule has 0 bridgehead atoms. The molecule has 0 spiro atoms. The van der Waals surface area contributed by atoms with Crippen LogP contribution >= 0.6 is 0 Å². The lowest BCUT2D eigenvalue weighted by Crippen LogP contribution is -2.13. The highest BCUT2D eigenvalue weighted by Crippen LogP contribution is 2.17. The van der Waals surface area contributed by atoms with Gasteiger partial charge in [-0.05, 0) is 12.3 Å². The molecular formula is C8H14O2. The van der Waals surface area contributed by atoms with Gasteiger partial charge in [0.25, 0.3) is 0 Å². The SMILES string of the molecule is CC(C)C[C@H]1COCC1=O. The molecule has 1 fully saturated rings. The van der Waals surface area contributed by atoms with Crippen molar-refractivity contribution in [1.29, 1.82) is 0 Å². The van der Waals surface area contributed by atoms with Crippen molar-refractivity contribution in [3.05, 3.63) is 0 Å². The van der Waals surface area contributed by atoms with Gasteiger partial charge in [-0.15, -0.1) is 0 Å². The lowest BCUT2D eigenvalue weighted by atomic mass is 9.96. The van der Waals surface area contributed by atoms with Crippen molar-refractivity contribution in [3.8, 4) is 0 Å². The van der Waals surface area contributed by atoms with Crippen molar-refractivity contribution in [2.24, 2.45) is 11.8 Å². The van der Waals surface area contributed by atoms with Gasteiger partial charge < -0.3 is 4.74 Å². The summed E-state index contributed by atoms with van der Waals surface area (Å²) < 4.78 is 5.02. The predicted octanol–water partition coefficient (Wildman–Crippen LogP) is 1.25. The van der Waals surface area contributed by atoms with Gasteiger partial charge in [0.1, 0.15) is 6.61 Å². The Labute approximate surface area is 61.6 Å². The second kappa shape index (κ2) is 3.15. The first kappa shape index (κ1) is 7.73. The molecule has 0 aromatic carbocycles. The molecule has 2 nitrogen and oxygen atoms in total. The largest absolute Gasteiger partial charge is 0.373 e. The monoisotopic (exact) mass is 142 g/mol. The van der Waals surface area contributed by atoms with Gasteiger partial charge >= 0.3 is 0 Å². The van der Waals surface area contributed by atoms with Crippen LogP contribution in [0.1, 0.15) is 20.3 Å². The van der Waals surface area contributed by atoms with E-state index in [1.807, 2.05) is 0 Å².